The summed E-state index contributed by atoms with van der Waals surface area (Å²) in [6.07, 6.45) is 1.04. The summed E-state index contributed by atoms with van der Waals surface area (Å²) in [5.41, 5.74) is 0.969. The monoisotopic (exact) mass is 232 g/mol. The molecule has 0 spiro atoms. The maximum atomic E-state index is 11.3. The van der Waals surface area contributed by atoms with E-state index < -0.39 is 17.9 Å². The van der Waals surface area contributed by atoms with Crippen LogP contribution in [0.4, 0.5) is 0 Å². The number of benzene rings is 1. The Balaban J connectivity index is 2.25. The van der Waals surface area contributed by atoms with E-state index >= 15 is 0 Å². The lowest BCUT2D eigenvalue weighted by Crippen LogP contribution is -2.05. The van der Waals surface area contributed by atoms with Gasteiger partial charge in [0.2, 0.25) is 0 Å². The maximum Gasteiger partial charge on any atom is 0.346 e. The molecule has 0 fully saturated rings. The van der Waals surface area contributed by atoms with Crippen LogP contribution >= 0.6 is 0 Å². The molecule has 1 heterocycles. The van der Waals surface area contributed by atoms with E-state index in [0.717, 1.165) is 6.26 Å². The summed E-state index contributed by atoms with van der Waals surface area (Å²) in [7, 11) is 0. The number of fused-ring (bicyclic) bond motifs is 1. The molecule has 0 aromatic heterocycles. The lowest BCUT2D eigenvalue weighted by Gasteiger charge is -2.00. The summed E-state index contributed by atoms with van der Waals surface area (Å²) in [5, 5.41) is 0. The minimum atomic E-state index is -0.691. The van der Waals surface area contributed by atoms with Gasteiger partial charge in [0.1, 0.15) is 0 Å². The molecule has 1 aromatic carbocycles. The summed E-state index contributed by atoms with van der Waals surface area (Å²) in [6, 6.07) is 4.48. The molecule has 0 bridgehead atoms. The van der Waals surface area contributed by atoms with E-state index in [-0.39, 0.29) is 17.5 Å². The smallest absolute Gasteiger partial charge is 0.346 e. The van der Waals surface area contributed by atoms with E-state index in [1.807, 2.05) is 0 Å². The van der Waals surface area contributed by atoms with Crippen molar-refractivity contribution in [2.24, 2.45) is 0 Å². The molecule has 0 saturated carbocycles. The van der Waals surface area contributed by atoms with Crippen LogP contribution in [0.25, 0.3) is 0 Å². The van der Waals surface area contributed by atoms with Gasteiger partial charge in [-0.25, -0.2) is 9.59 Å². The average molecular weight is 232 g/mol. The zero-order valence-corrected chi connectivity index (χ0v) is 8.76. The van der Waals surface area contributed by atoms with Gasteiger partial charge in [0.05, 0.1) is 23.8 Å². The molecule has 0 aliphatic carbocycles. The molecule has 0 unspecified atom stereocenters. The SMILES string of the molecule is C=COC(=O)Cc1ccc2c(c1)C(=O)OC2=O. The molecule has 0 amide bonds. The molecule has 86 valence electrons. The van der Waals surface area contributed by atoms with E-state index in [1.54, 1.807) is 6.07 Å². The molecule has 1 aliphatic heterocycles. The largest absolute Gasteiger partial charge is 0.435 e. The summed E-state index contributed by atoms with van der Waals surface area (Å²) < 4.78 is 8.98. The van der Waals surface area contributed by atoms with Gasteiger partial charge in [0.15, 0.2) is 0 Å². The van der Waals surface area contributed by atoms with Crippen LogP contribution in [-0.2, 0) is 20.7 Å². The van der Waals surface area contributed by atoms with Crippen molar-refractivity contribution in [2.75, 3.05) is 0 Å². The Morgan fingerprint density at radius 1 is 1.29 bits per heavy atom. The number of ether oxygens (including phenoxy) is 2. The average Bonchev–Trinajstić information content (AvgIpc) is 2.55. The molecule has 5 heteroatoms. The lowest BCUT2D eigenvalue weighted by molar-refractivity contribution is -0.137. The van der Waals surface area contributed by atoms with Crippen LogP contribution in [0.2, 0.25) is 0 Å². The fourth-order valence-electron chi connectivity index (χ4n) is 1.54. The van der Waals surface area contributed by atoms with E-state index in [9.17, 15) is 14.4 Å². The van der Waals surface area contributed by atoms with Gasteiger partial charge in [0, 0.05) is 0 Å². The van der Waals surface area contributed by atoms with Crippen molar-refractivity contribution in [1.29, 1.82) is 0 Å². The fraction of sp³-hybridized carbons (Fsp3) is 0.0833. The quantitative estimate of drug-likeness (QED) is 0.445. The molecule has 1 aromatic rings. The van der Waals surface area contributed by atoms with Crippen molar-refractivity contribution < 1.29 is 23.9 Å². The standard InChI is InChI=1S/C12H8O5/c1-2-16-10(13)6-7-3-4-8-9(5-7)12(15)17-11(8)14/h2-5H,1,6H2. The number of carbonyl (C=O) groups is 3. The second kappa shape index (κ2) is 4.21. The third-order valence-electron chi connectivity index (χ3n) is 2.27. The summed E-state index contributed by atoms with van der Waals surface area (Å²) in [5.74, 6) is -1.84. The first kappa shape index (κ1) is 11.1. The highest BCUT2D eigenvalue weighted by atomic mass is 16.6. The number of esters is 3. The third-order valence-corrected chi connectivity index (χ3v) is 2.27. The van der Waals surface area contributed by atoms with E-state index in [2.05, 4.69) is 16.1 Å². The van der Waals surface area contributed by atoms with Gasteiger partial charge < -0.3 is 9.47 Å². The van der Waals surface area contributed by atoms with Crippen LogP contribution in [0.3, 0.4) is 0 Å². The van der Waals surface area contributed by atoms with Crippen molar-refractivity contribution in [2.45, 2.75) is 6.42 Å². The van der Waals surface area contributed by atoms with Crippen LogP contribution in [0.15, 0.2) is 31.0 Å². The van der Waals surface area contributed by atoms with Crippen LogP contribution in [0, 0.1) is 0 Å². The van der Waals surface area contributed by atoms with Crippen molar-refractivity contribution >= 4 is 17.9 Å². The Morgan fingerprint density at radius 2 is 2.00 bits per heavy atom. The number of rotatable bonds is 3. The van der Waals surface area contributed by atoms with Crippen LogP contribution < -0.4 is 0 Å². The first-order chi connectivity index (χ1) is 8.11. The van der Waals surface area contributed by atoms with Gasteiger partial charge in [-0.15, -0.1) is 0 Å². The van der Waals surface area contributed by atoms with Gasteiger partial charge in [-0.1, -0.05) is 12.6 Å². The zero-order valence-electron chi connectivity index (χ0n) is 8.76. The van der Waals surface area contributed by atoms with Gasteiger partial charge in [-0.05, 0) is 17.7 Å². The lowest BCUT2D eigenvalue weighted by atomic mass is 10.0. The second-order valence-corrected chi connectivity index (χ2v) is 3.39. The molecular formula is C12H8O5. The highest BCUT2D eigenvalue weighted by Gasteiger charge is 2.29. The van der Waals surface area contributed by atoms with Gasteiger partial charge in [-0.2, -0.15) is 0 Å². The minimum absolute atomic E-state index is 0.000764. The van der Waals surface area contributed by atoms with Gasteiger partial charge in [0.25, 0.3) is 0 Å². The number of carbonyl (C=O) groups excluding carboxylic acids is 3. The van der Waals surface area contributed by atoms with Crippen LogP contribution in [-0.4, -0.2) is 17.9 Å². The van der Waals surface area contributed by atoms with Gasteiger partial charge >= 0.3 is 17.9 Å². The first-order valence-electron chi connectivity index (χ1n) is 4.81. The van der Waals surface area contributed by atoms with Crippen LogP contribution in [0.5, 0.6) is 0 Å². The predicted molar refractivity (Wildman–Crippen MR) is 56.2 cm³/mol. The minimum Gasteiger partial charge on any atom is -0.435 e. The number of hydrogen-bond acceptors (Lipinski definition) is 5. The fourth-order valence-corrected chi connectivity index (χ4v) is 1.54. The van der Waals surface area contributed by atoms with Crippen molar-refractivity contribution in [1.82, 2.24) is 0 Å². The molecule has 5 nitrogen and oxygen atoms in total. The highest BCUT2D eigenvalue weighted by Crippen LogP contribution is 2.21. The highest BCUT2D eigenvalue weighted by molar-refractivity contribution is 6.14. The Labute approximate surface area is 96.6 Å². The molecule has 0 saturated heterocycles. The Kier molecular flexibility index (Phi) is 2.74. The zero-order chi connectivity index (χ0) is 12.4. The molecule has 2 rings (SSSR count). The van der Waals surface area contributed by atoms with Crippen molar-refractivity contribution in [3.05, 3.63) is 47.7 Å². The molecule has 17 heavy (non-hydrogen) atoms. The number of cyclic esters (lactones) is 2. The normalized spacial score (nSPS) is 12.9. The van der Waals surface area contributed by atoms with Gasteiger partial charge in [-0.3, -0.25) is 4.79 Å². The van der Waals surface area contributed by atoms with Crippen molar-refractivity contribution in [3.63, 3.8) is 0 Å². The van der Waals surface area contributed by atoms with Crippen LogP contribution in [0.1, 0.15) is 26.3 Å². The summed E-state index contributed by atoms with van der Waals surface area (Å²) >= 11 is 0. The summed E-state index contributed by atoms with van der Waals surface area (Å²) in [6.45, 7) is 3.26. The van der Waals surface area contributed by atoms with E-state index in [1.165, 1.54) is 12.1 Å². The predicted octanol–water partition coefficient (Wildman–Crippen LogP) is 1.23. The number of hydrogen-bond donors (Lipinski definition) is 0. The molecular weight excluding hydrogens is 224 g/mol. The Bertz CT molecular complexity index is 530. The third kappa shape index (κ3) is 2.08. The maximum absolute atomic E-state index is 11.3. The molecule has 0 radical (unpaired) electrons. The molecule has 1 aliphatic rings. The van der Waals surface area contributed by atoms with E-state index in [4.69, 9.17) is 0 Å². The van der Waals surface area contributed by atoms with E-state index in [0.29, 0.717) is 5.56 Å². The molecule has 0 atom stereocenters. The Morgan fingerprint density at radius 3 is 2.71 bits per heavy atom. The first-order valence-corrected chi connectivity index (χ1v) is 4.81. The Hall–Kier alpha value is -2.43. The molecule has 0 N–H and O–H groups in total. The topological polar surface area (TPSA) is 69.7 Å². The van der Waals surface area contributed by atoms with Crippen molar-refractivity contribution in [3.8, 4) is 0 Å². The summed E-state index contributed by atoms with van der Waals surface area (Å²) in [4.78, 5) is 33.6. The second-order valence-electron chi connectivity index (χ2n) is 3.39.